The molecule has 4 fully saturated rings. The fourth-order valence-electron chi connectivity index (χ4n) is 3.83. The molecule has 106 valence electrons. The second-order valence-electron chi connectivity index (χ2n) is 6.27. The Labute approximate surface area is 120 Å². The lowest BCUT2D eigenvalue weighted by atomic mass is 9.44. The van der Waals surface area contributed by atoms with Gasteiger partial charge >= 0.3 is 6.09 Å². The number of carbonyl (C=O) groups excluding carboxylic acids is 1. The van der Waals surface area contributed by atoms with Crippen molar-refractivity contribution in [3.8, 4) is 0 Å². The second kappa shape index (κ2) is 3.65. The van der Waals surface area contributed by atoms with E-state index in [-0.39, 0.29) is 22.2 Å². The van der Waals surface area contributed by atoms with Gasteiger partial charge in [-0.3, -0.25) is 4.90 Å². The van der Waals surface area contributed by atoms with Crippen molar-refractivity contribution in [1.29, 1.82) is 0 Å². The lowest BCUT2D eigenvalue weighted by Crippen LogP contribution is -2.82. The van der Waals surface area contributed by atoms with Gasteiger partial charge in [0, 0.05) is 5.54 Å². The number of amides is 1. The van der Waals surface area contributed by atoms with Crippen LogP contribution in [0.4, 0.5) is 9.18 Å². The number of nitrogens with zero attached hydrogens (tertiary/aromatic N) is 1. The molecule has 5 rings (SSSR count). The molecule has 4 aliphatic rings. The molecule has 0 spiro atoms. The van der Waals surface area contributed by atoms with E-state index >= 15 is 0 Å². The molecule has 3 aliphatic carbocycles. The highest BCUT2D eigenvalue weighted by molar-refractivity contribution is 6.30. The zero-order valence-electron chi connectivity index (χ0n) is 10.7. The first kappa shape index (κ1) is 12.4. The van der Waals surface area contributed by atoms with Crippen molar-refractivity contribution in [1.82, 2.24) is 4.90 Å². The van der Waals surface area contributed by atoms with Crippen LogP contribution in [-0.2, 0) is 4.74 Å². The molecule has 0 aromatic heterocycles. The molecule has 1 aliphatic heterocycles. The molecule has 1 saturated heterocycles. The van der Waals surface area contributed by atoms with Crippen LogP contribution in [0.1, 0.15) is 30.9 Å². The summed E-state index contributed by atoms with van der Waals surface area (Å²) >= 11 is 5.66. The second-order valence-corrected chi connectivity index (χ2v) is 6.68. The molecular formula is C14H14ClFN2O2. The van der Waals surface area contributed by atoms with Crippen LogP contribution in [0.2, 0.25) is 5.02 Å². The van der Waals surface area contributed by atoms with Gasteiger partial charge in [0.2, 0.25) is 0 Å². The summed E-state index contributed by atoms with van der Waals surface area (Å²) in [5, 5.41) is 0.0689. The van der Waals surface area contributed by atoms with Gasteiger partial charge in [-0.15, -0.1) is 0 Å². The number of hydrogen-bond acceptors (Lipinski definition) is 3. The molecule has 6 heteroatoms. The molecule has 1 aromatic rings. The van der Waals surface area contributed by atoms with Gasteiger partial charge in [-0.25, -0.2) is 9.18 Å². The first-order valence-corrected chi connectivity index (χ1v) is 7.01. The highest BCUT2D eigenvalue weighted by Gasteiger charge is 2.70. The van der Waals surface area contributed by atoms with Crippen LogP contribution in [0.3, 0.4) is 0 Å². The highest BCUT2D eigenvalue weighted by Crippen LogP contribution is 2.63. The third-order valence-electron chi connectivity index (χ3n) is 4.74. The SMILES string of the molecule is NC12CC(N3CC(c4ccc(Cl)c(F)c4)OC3=O)(C1)C2. The molecule has 1 unspecified atom stereocenters. The quantitative estimate of drug-likeness (QED) is 0.912. The molecule has 1 amide bonds. The third-order valence-corrected chi connectivity index (χ3v) is 5.05. The molecule has 2 N–H and O–H groups in total. The molecule has 0 radical (unpaired) electrons. The van der Waals surface area contributed by atoms with Crippen molar-refractivity contribution in [3.05, 3.63) is 34.6 Å². The maximum absolute atomic E-state index is 13.5. The van der Waals surface area contributed by atoms with Crippen molar-refractivity contribution in [2.75, 3.05) is 6.54 Å². The number of rotatable bonds is 2. The van der Waals surface area contributed by atoms with Crippen molar-refractivity contribution in [3.63, 3.8) is 0 Å². The van der Waals surface area contributed by atoms with Crippen molar-refractivity contribution in [2.45, 2.75) is 36.4 Å². The Morgan fingerprint density at radius 2 is 2.10 bits per heavy atom. The van der Waals surface area contributed by atoms with Crippen LogP contribution in [0.5, 0.6) is 0 Å². The summed E-state index contributed by atoms with van der Waals surface area (Å²) in [5.41, 5.74) is 6.49. The topological polar surface area (TPSA) is 55.6 Å². The number of cyclic esters (lactones) is 1. The predicted octanol–water partition coefficient (Wildman–Crippen LogP) is 2.61. The minimum Gasteiger partial charge on any atom is -0.439 e. The largest absolute Gasteiger partial charge is 0.439 e. The zero-order chi connectivity index (χ0) is 14.1. The van der Waals surface area contributed by atoms with Crippen molar-refractivity contribution < 1.29 is 13.9 Å². The average molecular weight is 297 g/mol. The van der Waals surface area contributed by atoms with E-state index in [4.69, 9.17) is 22.1 Å². The maximum Gasteiger partial charge on any atom is 0.411 e. The van der Waals surface area contributed by atoms with Crippen molar-refractivity contribution >= 4 is 17.7 Å². The van der Waals surface area contributed by atoms with Gasteiger partial charge in [0.1, 0.15) is 11.9 Å². The summed E-state index contributed by atoms with van der Waals surface area (Å²) in [6.07, 6.45) is 1.77. The Balaban J connectivity index is 1.55. The van der Waals surface area contributed by atoms with Gasteiger partial charge < -0.3 is 10.5 Å². The molecule has 2 bridgehead atoms. The number of halogens is 2. The Morgan fingerprint density at radius 3 is 2.70 bits per heavy atom. The van der Waals surface area contributed by atoms with Crippen LogP contribution >= 0.6 is 11.6 Å². The number of nitrogens with two attached hydrogens (primary N) is 1. The van der Waals surface area contributed by atoms with Crippen LogP contribution in [-0.4, -0.2) is 28.6 Å². The van der Waals surface area contributed by atoms with Gasteiger partial charge in [0.25, 0.3) is 0 Å². The Morgan fingerprint density at radius 1 is 1.40 bits per heavy atom. The Bertz CT molecular complexity index is 601. The molecule has 1 atom stereocenters. The summed E-state index contributed by atoms with van der Waals surface area (Å²) in [4.78, 5) is 13.8. The summed E-state index contributed by atoms with van der Waals surface area (Å²) in [5.74, 6) is -0.495. The minimum absolute atomic E-state index is 0.0647. The van der Waals surface area contributed by atoms with E-state index in [0.29, 0.717) is 12.1 Å². The van der Waals surface area contributed by atoms with Crippen LogP contribution < -0.4 is 5.73 Å². The minimum atomic E-state index is -0.495. The molecule has 20 heavy (non-hydrogen) atoms. The fourth-order valence-corrected chi connectivity index (χ4v) is 3.95. The smallest absolute Gasteiger partial charge is 0.411 e. The summed E-state index contributed by atoms with van der Waals surface area (Å²) in [7, 11) is 0. The number of hydrogen-bond donors (Lipinski definition) is 1. The molecule has 1 heterocycles. The van der Waals surface area contributed by atoms with E-state index in [9.17, 15) is 9.18 Å². The number of benzene rings is 1. The predicted molar refractivity (Wildman–Crippen MR) is 70.8 cm³/mol. The van der Waals surface area contributed by atoms with Crippen LogP contribution in [0, 0.1) is 5.82 Å². The average Bonchev–Trinajstić information content (AvgIpc) is 2.70. The molecular weight excluding hydrogens is 283 g/mol. The van der Waals surface area contributed by atoms with Crippen molar-refractivity contribution in [2.24, 2.45) is 5.73 Å². The van der Waals surface area contributed by atoms with E-state index in [0.717, 1.165) is 19.3 Å². The maximum atomic E-state index is 13.5. The van der Waals surface area contributed by atoms with Gasteiger partial charge in [-0.05, 0) is 37.0 Å². The fraction of sp³-hybridized carbons (Fsp3) is 0.500. The van der Waals surface area contributed by atoms with E-state index in [1.807, 2.05) is 0 Å². The van der Waals surface area contributed by atoms with Gasteiger partial charge in [0.15, 0.2) is 0 Å². The number of ether oxygens (including phenoxy) is 1. The van der Waals surface area contributed by atoms with Gasteiger partial charge in [-0.2, -0.15) is 0 Å². The molecule has 1 aromatic carbocycles. The van der Waals surface area contributed by atoms with E-state index in [2.05, 4.69) is 0 Å². The third kappa shape index (κ3) is 1.53. The normalized spacial score (nSPS) is 38.2. The monoisotopic (exact) mass is 296 g/mol. The lowest BCUT2D eigenvalue weighted by molar-refractivity contribution is -0.136. The zero-order valence-corrected chi connectivity index (χ0v) is 11.5. The van der Waals surface area contributed by atoms with Gasteiger partial charge in [-0.1, -0.05) is 17.7 Å². The summed E-state index contributed by atoms with van der Waals surface area (Å²) in [6, 6.07) is 4.51. The lowest BCUT2D eigenvalue weighted by Gasteiger charge is -2.71. The highest BCUT2D eigenvalue weighted by atomic mass is 35.5. The Kier molecular flexibility index (Phi) is 2.27. The summed E-state index contributed by atoms with van der Waals surface area (Å²) in [6.45, 7) is 0.454. The first-order chi connectivity index (χ1) is 9.41. The van der Waals surface area contributed by atoms with Gasteiger partial charge in [0.05, 0.1) is 17.1 Å². The van der Waals surface area contributed by atoms with Crippen LogP contribution in [0.15, 0.2) is 18.2 Å². The molecule has 4 nitrogen and oxygen atoms in total. The van der Waals surface area contributed by atoms with E-state index < -0.39 is 11.9 Å². The van der Waals surface area contributed by atoms with Crippen LogP contribution in [0.25, 0.3) is 0 Å². The van der Waals surface area contributed by atoms with E-state index in [1.165, 1.54) is 12.1 Å². The first-order valence-electron chi connectivity index (χ1n) is 6.63. The van der Waals surface area contributed by atoms with E-state index in [1.54, 1.807) is 11.0 Å². The molecule has 3 saturated carbocycles. The standard InChI is InChI=1S/C14H14ClFN2O2/c15-9-2-1-8(3-10(9)16)11-4-18(12(19)20-11)14-5-13(17,6-14)7-14/h1-3,11H,4-7,17H2. The Hall–Kier alpha value is -1.33. The number of carbonyl (C=O) groups is 1. The summed E-state index contributed by atoms with van der Waals surface area (Å²) < 4.78 is 18.9.